The van der Waals surface area contributed by atoms with Crippen molar-refractivity contribution in [2.75, 3.05) is 11.9 Å². The van der Waals surface area contributed by atoms with E-state index < -0.39 is 11.9 Å². The molecule has 0 saturated carbocycles. The molecule has 3 rings (SSSR count). The second kappa shape index (κ2) is 8.28. The van der Waals surface area contributed by atoms with Gasteiger partial charge in [-0.15, -0.1) is 0 Å². The lowest BCUT2D eigenvalue weighted by molar-refractivity contribution is -0.119. The van der Waals surface area contributed by atoms with Gasteiger partial charge in [-0.05, 0) is 91.4 Å². The summed E-state index contributed by atoms with van der Waals surface area (Å²) >= 11 is 1.07. The number of carbonyl (C=O) groups is 2. The van der Waals surface area contributed by atoms with Crippen molar-refractivity contribution in [2.24, 2.45) is 0 Å². The van der Waals surface area contributed by atoms with Crippen LogP contribution in [0.25, 0.3) is 0 Å². The minimum absolute atomic E-state index is 0.344. The number of ether oxygens (including phenoxy) is 1. The van der Waals surface area contributed by atoms with E-state index >= 15 is 0 Å². The highest BCUT2D eigenvalue weighted by molar-refractivity contribution is 8.03. The van der Waals surface area contributed by atoms with Crippen molar-refractivity contribution in [2.45, 2.75) is 38.0 Å². The third-order valence-corrected chi connectivity index (χ3v) is 5.17. The molecule has 0 aliphatic heterocycles. The Kier molecular flexibility index (Phi) is 5.82. The van der Waals surface area contributed by atoms with Crippen LogP contribution >= 0.6 is 11.8 Å². The molecule has 0 radical (unpaired) electrons. The highest BCUT2D eigenvalue weighted by Gasteiger charge is 2.16. The molecular formula is C21H20N2O3S. The van der Waals surface area contributed by atoms with E-state index in [-0.39, 0.29) is 6.61 Å². The molecule has 5 nitrogen and oxygen atoms in total. The quantitative estimate of drug-likeness (QED) is 0.479. The lowest BCUT2D eigenvalue weighted by Crippen LogP contribution is -2.22. The van der Waals surface area contributed by atoms with Crippen LogP contribution in [0.2, 0.25) is 0 Å². The van der Waals surface area contributed by atoms with Crippen molar-refractivity contribution >= 4 is 29.3 Å². The van der Waals surface area contributed by atoms with Gasteiger partial charge < -0.3 is 10.1 Å². The first-order valence-electron chi connectivity index (χ1n) is 8.74. The Hall–Kier alpha value is -2.78. The minimum Gasteiger partial charge on any atom is -0.452 e. The molecule has 1 aliphatic rings. The van der Waals surface area contributed by atoms with E-state index in [4.69, 9.17) is 10.00 Å². The number of hydrogen-bond donors (Lipinski definition) is 1. The highest BCUT2D eigenvalue weighted by atomic mass is 32.2. The summed E-state index contributed by atoms with van der Waals surface area (Å²) in [5.41, 5.74) is 5.34. The number of aryl methyl sites for hydroxylation is 4. The third kappa shape index (κ3) is 4.50. The summed E-state index contributed by atoms with van der Waals surface area (Å²) in [7, 11) is 0. The predicted molar refractivity (Wildman–Crippen MR) is 105 cm³/mol. The normalized spacial score (nSPS) is 12.2. The fourth-order valence-electron chi connectivity index (χ4n) is 3.32. The number of amides is 1. The van der Waals surface area contributed by atoms with E-state index in [0.717, 1.165) is 47.0 Å². The van der Waals surface area contributed by atoms with E-state index in [2.05, 4.69) is 5.32 Å². The summed E-state index contributed by atoms with van der Waals surface area (Å²) in [5, 5.41) is 13.6. The van der Waals surface area contributed by atoms with Gasteiger partial charge in [0, 0.05) is 10.6 Å². The van der Waals surface area contributed by atoms with Crippen molar-refractivity contribution in [1.29, 1.82) is 5.26 Å². The van der Waals surface area contributed by atoms with Gasteiger partial charge in [0.15, 0.2) is 6.61 Å². The Morgan fingerprint density at radius 2 is 1.85 bits per heavy atom. The number of nitrogens with zero attached hydrogens (tertiary/aromatic N) is 1. The van der Waals surface area contributed by atoms with Crippen molar-refractivity contribution in [1.82, 2.24) is 0 Å². The Morgan fingerprint density at radius 3 is 2.56 bits per heavy atom. The van der Waals surface area contributed by atoms with Crippen molar-refractivity contribution in [3.63, 3.8) is 0 Å². The molecular weight excluding hydrogens is 360 g/mol. The van der Waals surface area contributed by atoms with Gasteiger partial charge >= 0.3 is 5.97 Å². The lowest BCUT2D eigenvalue weighted by Gasteiger charge is -2.13. The summed E-state index contributed by atoms with van der Waals surface area (Å²) < 4.78 is 5.17. The van der Waals surface area contributed by atoms with Crippen LogP contribution in [0.15, 0.2) is 35.2 Å². The average molecular weight is 380 g/mol. The molecule has 0 aromatic heterocycles. The number of anilines is 1. The van der Waals surface area contributed by atoms with E-state index in [9.17, 15) is 9.59 Å². The van der Waals surface area contributed by atoms with E-state index in [1.165, 1.54) is 11.1 Å². The van der Waals surface area contributed by atoms with Gasteiger partial charge in [0.2, 0.25) is 0 Å². The molecule has 0 heterocycles. The lowest BCUT2D eigenvalue weighted by atomic mass is 10.1. The standard InChI is InChI=1S/C21H20N2O3S/c1-13-8-18(27-12-22)9-14(2)20(13)23-19(24)11-26-21(25)17-7-6-15-4-3-5-16(15)10-17/h6-10H,3-5,11H2,1-2H3,(H,23,24). The number of thiocyanates is 1. The van der Waals surface area contributed by atoms with Crippen LogP contribution in [0.4, 0.5) is 5.69 Å². The molecule has 0 spiro atoms. The van der Waals surface area contributed by atoms with Crippen LogP contribution in [0.1, 0.15) is 39.0 Å². The first-order valence-corrected chi connectivity index (χ1v) is 9.55. The number of fused-ring (bicyclic) bond motifs is 1. The van der Waals surface area contributed by atoms with Gasteiger partial charge in [-0.3, -0.25) is 4.79 Å². The molecule has 2 aromatic carbocycles. The van der Waals surface area contributed by atoms with Gasteiger partial charge in [0.25, 0.3) is 5.91 Å². The Bertz CT molecular complexity index is 924. The number of nitrogens with one attached hydrogen (secondary N) is 1. The maximum atomic E-state index is 12.2. The minimum atomic E-state index is -0.492. The zero-order valence-corrected chi connectivity index (χ0v) is 16.1. The number of esters is 1. The van der Waals surface area contributed by atoms with Crippen LogP contribution in [-0.2, 0) is 22.4 Å². The van der Waals surface area contributed by atoms with E-state index in [0.29, 0.717) is 11.3 Å². The molecule has 0 atom stereocenters. The van der Waals surface area contributed by atoms with Gasteiger partial charge in [0.05, 0.1) is 5.56 Å². The topological polar surface area (TPSA) is 79.2 Å². The maximum absolute atomic E-state index is 12.2. The molecule has 138 valence electrons. The Labute approximate surface area is 162 Å². The summed E-state index contributed by atoms with van der Waals surface area (Å²) in [6.07, 6.45) is 3.15. The maximum Gasteiger partial charge on any atom is 0.338 e. The molecule has 1 amide bonds. The molecule has 0 fully saturated rings. The fraction of sp³-hybridized carbons (Fsp3) is 0.286. The number of carbonyl (C=O) groups excluding carboxylic acids is 2. The van der Waals surface area contributed by atoms with Crippen molar-refractivity contribution in [3.05, 3.63) is 58.1 Å². The van der Waals surface area contributed by atoms with Gasteiger partial charge in [0.1, 0.15) is 5.40 Å². The van der Waals surface area contributed by atoms with E-state index in [1.807, 2.05) is 43.5 Å². The number of nitriles is 1. The Morgan fingerprint density at radius 1 is 1.15 bits per heavy atom. The number of rotatable bonds is 5. The second-order valence-electron chi connectivity index (χ2n) is 6.59. The zero-order chi connectivity index (χ0) is 19.4. The van der Waals surface area contributed by atoms with Gasteiger partial charge in [-0.2, -0.15) is 5.26 Å². The second-order valence-corrected chi connectivity index (χ2v) is 7.44. The summed E-state index contributed by atoms with van der Waals surface area (Å²) in [6.45, 7) is 3.38. The average Bonchev–Trinajstić information content (AvgIpc) is 3.10. The summed E-state index contributed by atoms with van der Waals surface area (Å²) in [6, 6.07) is 9.26. The third-order valence-electron chi connectivity index (χ3n) is 4.60. The number of benzene rings is 2. The zero-order valence-electron chi connectivity index (χ0n) is 15.3. The Balaban J connectivity index is 1.60. The van der Waals surface area contributed by atoms with Crippen LogP contribution in [0.3, 0.4) is 0 Å². The SMILES string of the molecule is Cc1cc(SC#N)cc(C)c1NC(=O)COC(=O)c1ccc2c(c1)CCC2. The van der Waals surface area contributed by atoms with Crippen LogP contribution in [0, 0.1) is 24.5 Å². The molecule has 0 saturated heterocycles. The largest absolute Gasteiger partial charge is 0.452 e. The smallest absolute Gasteiger partial charge is 0.338 e. The predicted octanol–water partition coefficient (Wildman–Crippen LogP) is 4.16. The number of hydrogen-bond acceptors (Lipinski definition) is 5. The molecule has 27 heavy (non-hydrogen) atoms. The molecule has 1 N–H and O–H groups in total. The van der Waals surface area contributed by atoms with Crippen LogP contribution < -0.4 is 5.32 Å². The summed E-state index contributed by atoms with van der Waals surface area (Å²) in [5.74, 6) is -0.884. The molecule has 1 aliphatic carbocycles. The molecule has 2 aromatic rings. The first kappa shape index (κ1) is 19.0. The van der Waals surface area contributed by atoms with Gasteiger partial charge in [-0.25, -0.2) is 4.79 Å². The first-order chi connectivity index (χ1) is 13.0. The monoisotopic (exact) mass is 380 g/mol. The highest BCUT2D eigenvalue weighted by Crippen LogP contribution is 2.27. The van der Waals surface area contributed by atoms with Crippen molar-refractivity contribution < 1.29 is 14.3 Å². The van der Waals surface area contributed by atoms with Gasteiger partial charge in [-0.1, -0.05) is 6.07 Å². The molecule has 0 bridgehead atoms. The van der Waals surface area contributed by atoms with Crippen LogP contribution in [-0.4, -0.2) is 18.5 Å². The molecule has 0 unspecified atom stereocenters. The van der Waals surface area contributed by atoms with Crippen LogP contribution in [0.5, 0.6) is 0 Å². The summed E-state index contributed by atoms with van der Waals surface area (Å²) in [4.78, 5) is 25.2. The van der Waals surface area contributed by atoms with Crippen molar-refractivity contribution in [3.8, 4) is 5.40 Å². The van der Waals surface area contributed by atoms with E-state index in [1.54, 1.807) is 6.07 Å². The molecule has 6 heteroatoms. The fourth-order valence-corrected chi connectivity index (χ4v) is 3.90. The number of thioether (sulfide) groups is 1.